The molecule has 6 nitrogen and oxygen atoms in total. The largest absolute Gasteiger partial charge is 0.484 e. The first-order valence-corrected chi connectivity index (χ1v) is 8.07. The summed E-state index contributed by atoms with van der Waals surface area (Å²) in [5.41, 5.74) is 6.78. The zero-order valence-corrected chi connectivity index (χ0v) is 13.2. The maximum absolute atomic E-state index is 13.6. The van der Waals surface area contributed by atoms with E-state index in [1.807, 2.05) is 6.07 Å². The molecular formula is C17H19FN4O2. The van der Waals surface area contributed by atoms with Crippen LogP contribution in [0.4, 0.5) is 16.2 Å². The van der Waals surface area contributed by atoms with Gasteiger partial charge in [-0.1, -0.05) is 12.1 Å². The van der Waals surface area contributed by atoms with Gasteiger partial charge in [0.25, 0.3) is 0 Å². The van der Waals surface area contributed by atoms with Crippen LogP contribution in [0, 0.1) is 5.82 Å². The Bertz CT molecular complexity index is 730. The Balaban J connectivity index is 1.42. The lowest BCUT2D eigenvalue weighted by molar-refractivity contribution is 0.160. The molecule has 2 fully saturated rings. The molecule has 3 heterocycles. The Morgan fingerprint density at radius 2 is 2.08 bits per heavy atom. The summed E-state index contributed by atoms with van der Waals surface area (Å²) >= 11 is 0. The van der Waals surface area contributed by atoms with Gasteiger partial charge < -0.3 is 20.1 Å². The molecule has 2 aliphatic heterocycles. The monoisotopic (exact) mass is 330 g/mol. The van der Waals surface area contributed by atoms with E-state index in [1.54, 1.807) is 18.2 Å². The molecule has 1 aromatic heterocycles. The second kappa shape index (κ2) is 6.24. The molecule has 24 heavy (non-hydrogen) atoms. The second-order valence-electron chi connectivity index (χ2n) is 6.14. The normalized spacial score (nSPS) is 20.9. The summed E-state index contributed by atoms with van der Waals surface area (Å²) in [5.74, 6) is 1.28. The number of aromatic nitrogens is 2. The van der Waals surface area contributed by atoms with E-state index in [9.17, 15) is 4.39 Å². The zero-order chi connectivity index (χ0) is 16.5. The van der Waals surface area contributed by atoms with Gasteiger partial charge in [-0.2, -0.15) is 4.98 Å². The van der Waals surface area contributed by atoms with E-state index in [0.717, 1.165) is 24.5 Å². The summed E-state index contributed by atoms with van der Waals surface area (Å²) in [6.45, 7) is 2.72. The van der Waals surface area contributed by atoms with Gasteiger partial charge in [-0.15, -0.1) is 0 Å². The number of ether oxygens (including phenoxy) is 2. The molecule has 2 saturated heterocycles. The van der Waals surface area contributed by atoms with Crippen molar-refractivity contribution in [1.82, 2.24) is 9.97 Å². The standard InChI is InChI=1S/C17H19FN4O2/c18-13-3-1-2-4-15(13)24-12-8-22(9-12)16-7-14(20-17(19)21-16)11-5-6-23-10-11/h1-4,7,11-12H,5-6,8-10H2,(H2,19,20,21)/t11-/m1/s1. The van der Waals surface area contributed by atoms with Crippen LogP contribution in [0.15, 0.2) is 30.3 Å². The highest BCUT2D eigenvalue weighted by molar-refractivity contribution is 5.47. The minimum absolute atomic E-state index is 0.0589. The van der Waals surface area contributed by atoms with Crippen molar-refractivity contribution in [1.29, 1.82) is 0 Å². The van der Waals surface area contributed by atoms with Crippen molar-refractivity contribution in [2.45, 2.75) is 18.4 Å². The maximum atomic E-state index is 13.6. The highest BCUT2D eigenvalue weighted by Gasteiger charge is 2.31. The van der Waals surface area contributed by atoms with Crippen LogP contribution in [0.25, 0.3) is 0 Å². The summed E-state index contributed by atoms with van der Waals surface area (Å²) < 4.78 is 24.7. The van der Waals surface area contributed by atoms with Crippen LogP contribution in [-0.2, 0) is 4.74 Å². The summed E-state index contributed by atoms with van der Waals surface area (Å²) in [6.07, 6.45) is 0.894. The smallest absolute Gasteiger partial charge is 0.222 e. The molecule has 1 aromatic carbocycles. The predicted octanol–water partition coefficient (Wildman–Crippen LogP) is 1.97. The Kier molecular flexibility index (Phi) is 3.93. The molecule has 1 atom stereocenters. The summed E-state index contributed by atoms with van der Waals surface area (Å²) in [6, 6.07) is 8.41. The molecule has 2 aromatic rings. The van der Waals surface area contributed by atoms with Crippen molar-refractivity contribution < 1.29 is 13.9 Å². The Hall–Kier alpha value is -2.41. The van der Waals surface area contributed by atoms with Crippen molar-refractivity contribution in [2.75, 3.05) is 36.9 Å². The average Bonchev–Trinajstić information content (AvgIpc) is 3.06. The lowest BCUT2D eigenvalue weighted by Crippen LogP contribution is -2.54. The zero-order valence-electron chi connectivity index (χ0n) is 13.2. The molecule has 7 heteroatoms. The first-order valence-electron chi connectivity index (χ1n) is 8.07. The molecule has 2 aliphatic rings. The number of rotatable bonds is 4. The first-order chi connectivity index (χ1) is 11.7. The molecule has 4 rings (SSSR count). The third kappa shape index (κ3) is 2.99. The number of nitrogens with zero attached hydrogens (tertiary/aromatic N) is 3. The van der Waals surface area contributed by atoms with E-state index in [2.05, 4.69) is 14.9 Å². The number of halogens is 1. The predicted molar refractivity (Wildman–Crippen MR) is 87.7 cm³/mol. The molecular weight excluding hydrogens is 311 g/mol. The Morgan fingerprint density at radius 3 is 2.83 bits per heavy atom. The first kappa shape index (κ1) is 15.1. The summed E-state index contributed by atoms with van der Waals surface area (Å²) in [5, 5.41) is 0. The van der Waals surface area contributed by atoms with E-state index >= 15 is 0 Å². The molecule has 0 spiro atoms. The number of hydrogen-bond donors (Lipinski definition) is 1. The number of nitrogen functional groups attached to an aromatic ring is 1. The number of anilines is 2. The minimum Gasteiger partial charge on any atom is -0.484 e. The maximum Gasteiger partial charge on any atom is 0.222 e. The van der Waals surface area contributed by atoms with Crippen LogP contribution in [-0.4, -0.2) is 42.4 Å². The lowest BCUT2D eigenvalue weighted by Gasteiger charge is -2.40. The van der Waals surface area contributed by atoms with Gasteiger partial charge in [-0.25, -0.2) is 9.37 Å². The van der Waals surface area contributed by atoms with Crippen molar-refractivity contribution in [3.63, 3.8) is 0 Å². The third-order valence-corrected chi connectivity index (χ3v) is 4.40. The Morgan fingerprint density at radius 1 is 1.25 bits per heavy atom. The van der Waals surface area contributed by atoms with Gasteiger partial charge in [0.05, 0.1) is 25.4 Å². The van der Waals surface area contributed by atoms with Crippen molar-refractivity contribution in [3.05, 3.63) is 41.8 Å². The molecule has 0 unspecified atom stereocenters. The van der Waals surface area contributed by atoms with Gasteiger partial charge in [-0.05, 0) is 18.6 Å². The van der Waals surface area contributed by atoms with Crippen molar-refractivity contribution in [3.8, 4) is 5.75 Å². The van der Waals surface area contributed by atoms with E-state index in [0.29, 0.717) is 19.7 Å². The van der Waals surface area contributed by atoms with Crippen LogP contribution in [0.3, 0.4) is 0 Å². The minimum atomic E-state index is -0.342. The van der Waals surface area contributed by atoms with Crippen LogP contribution >= 0.6 is 0 Å². The van der Waals surface area contributed by atoms with Gasteiger partial charge in [0.2, 0.25) is 5.95 Å². The lowest BCUT2D eigenvalue weighted by atomic mass is 10.0. The van der Waals surface area contributed by atoms with Gasteiger partial charge in [-0.3, -0.25) is 0 Å². The summed E-state index contributed by atoms with van der Waals surface area (Å²) in [7, 11) is 0. The highest BCUT2D eigenvalue weighted by Crippen LogP contribution is 2.29. The van der Waals surface area contributed by atoms with E-state index in [4.69, 9.17) is 15.2 Å². The van der Waals surface area contributed by atoms with Gasteiger partial charge in [0, 0.05) is 18.6 Å². The Labute approximate surface area is 139 Å². The topological polar surface area (TPSA) is 73.5 Å². The molecule has 0 bridgehead atoms. The van der Waals surface area contributed by atoms with Gasteiger partial charge in [0.1, 0.15) is 11.9 Å². The number of para-hydroxylation sites is 1. The van der Waals surface area contributed by atoms with Gasteiger partial charge in [0.15, 0.2) is 11.6 Å². The fourth-order valence-electron chi connectivity index (χ4n) is 3.03. The van der Waals surface area contributed by atoms with Crippen LogP contribution < -0.4 is 15.4 Å². The van der Waals surface area contributed by atoms with Crippen LogP contribution in [0.2, 0.25) is 0 Å². The van der Waals surface area contributed by atoms with Gasteiger partial charge >= 0.3 is 0 Å². The van der Waals surface area contributed by atoms with Crippen molar-refractivity contribution >= 4 is 11.8 Å². The summed E-state index contributed by atoms with van der Waals surface area (Å²) in [4.78, 5) is 10.7. The fraction of sp³-hybridized carbons (Fsp3) is 0.412. The van der Waals surface area contributed by atoms with Crippen LogP contribution in [0.1, 0.15) is 18.0 Å². The van der Waals surface area contributed by atoms with Crippen molar-refractivity contribution in [2.24, 2.45) is 0 Å². The molecule has 126 valence electrons. The van der Waals surface area contributed by atoms with E-state index in [-0.39, 0.29) is 29.5 Å². The van der Waals surface area contributed by atoms with Crippen LogP contribution in [0.5, 0.6) is 5.75 Å². The number of benzene rings is 1. The molecule has 0 saturated carbocycles. The molecule has 0 aliphatic carbocycles. The highest BCUT2D eigenvalue weighted by atomic mass is 19.1. The number of hydrogen-bond acceptors (Lipinski definition) is 6. The SMILES string of the molecule is Nc1nc([C@@H]2CCOC2)cc(N2CC(Oc3ccccc3F)C2)n1. The molecule has 0 radical (unpaired) electrons. The number of nitrogens with two attached hydrogens (primary N) is 1. The van der Waals surface area contributed by atoms with E-state index in [1.165, 1.54) is 6.07 Å². The molecule has 2 N–H and O–H groups in total. The average molecular weight is 330 g/mol. The third-order valence-electron chi connectivity index (χ3n) is 4.40. The van der Waals surface area contributed by atoms with E-state index < -0.39 is 0 Å². The second-order valence-corrected chi connectivity index (χ2v) is 6.14. The molecule has 0 amide bonds. The fourth-order valence-corrected chi connectivity index (χ4v) is 3.03. The quantitative estimate of drug-likeness (QED) is 0.924.